The van der Waals surface area contributed by atoms with Gasteiger partial charge >= 0.3 is 6.03 Å². The predicted molar refractivity (Wildman–Crippen MR) is 103 cm³/mol. The van der Waals surface area contributed by atoms with Gasteiger partial charge < -0.3 is 0 Å². The molecule has 4 amide bonds. The summed E-state index contributed by atoms with van der Waals surface area (Å²) in [5, 5.41) is 13.3. The molecule has 0 bridgehead atoms. The Hall–Kier alpha value is -3.78. The van der Waals surface area contributed by atoms with Crippen LogP contribution in [0.5, 0.6) is 0 Å². The van der Waals surface area contributed by atoms with Crippen LogP contribution in [0.2, 0.25) is 5.02 Å². The van der Waals surface area contributed by atoms with Crippen molar-refractivity contribution in [1.29, 1.82) is 0 Å². The number of anilines is 1. The summed E-state index contributed by atoms with van der Waals surface area (Å²) in [6, 6.07) is 11.0. The molecule has 1 aliphatic rings. The summed E-state index contributed by atoms with van der Waals surface area (Å²) in [5.74, 6) is -1.62. The molecule has 0 spiro atoms. The van der Waals surface area contributed by atoms with Gasteiger partial charge in [-0.25, -0.2) is 9.69 Å². The highest BCUT2D eigenvalue weighted by atomic mass is 35.5. The number of allylic oxidation sites excluding steroid dienone is 2. The molecule has 0 radical (unpaired) electrons. The lowest BCUT2D eigenvalue weighted by molar-refractivity contribution is -0.384. The Morgan fingerprint density at radius 3 is 2.46 bits per heavy atom. The minimum atomic E-state index is -0.864. The number of benzene rings is 2. The van der Waals surface area contributed by atoms with Gasteiger partial charge in [-0.15, -0.1) is 0 Å². The van der Waals surface area contributed by atoms with E-state index in [0.29, 0.717) is 10.6 Å². The van der Waals surface area contributed by atoms with Gasteiger partial charge in [0, 0.05) is 17.2 Å². The van der Waals surface area contributed by atoms with Crippen LogP contribution in [0, 0.1) is 10.1 Å². The third kappa shape index (κ3) is 3.97. The second-order valence-corrected chi connectivity index (χ2v) is 6.10. The first-order valence-corrected chi connectivity index (χ1v) is 8.33. The third-order valence-corrected chi connectivity index (χ3v) is 4.07. The lowest BCUT2D eigenvalue weighted by Crippen LogP contribution is -2.54. The molecule has 1 N–H and O–H groups in total. The molecule has 28 heavy (non-hydrogen) atoms. The summed E-state index contributed by atoms with van der Waals surface area (Å²) < 4.78 is 0. The number of rotatable bonds is 4. The Kier molecular flexibility index (Phi) is 5.32. The van der Waals surface area contributed by atoms with Gasteiger partial charge in [-0.2, -0.15) is 0 Å². The van der Waals surface area contributed by atoms with E-state index in [1.165, 1.54) is 60.7 Å². The number of nitro benzene ring substituents is 1. The molecule has 0 atom stereocenters. The van der Waals surface area contributed by atoms with E-state index in [9.17, 15) is 24.5 Å². The van der Waals surface area contributed by atoms with Crippen molar-refractivity contribution in [3.63, 3.8) is 0 Å². The maximum atomic E-state index is 12.6. The van der Waals surface area contributed by atoms with E-state index in [-0.39, 0.29) is 16.9 Å². The zero-order valence-corrected chi connectivity index (χ0v) is 14.9. The van der Waals surface area contributed by atoms with Crippen molar-refractivity contribution >= 4 is 46.9 Å². The molecule has 3 rings (SSSR count). The van der Waals surface area contributed by atoms with E-state index in [4.69, 9.17) is 11.6 Å². The number of halogens is 1. The molecule has 2 aromatic carbocycles. The summed E-state index contributed by atoms with van der Waals surface area (Å²) in [6.07, 6.45) is 4.15. The Bertz CT molecular complexity index is 1040. The van der Waals surface area contributed by atoms with Gasteiger partial charge in [-0.1, -0.05) is 35.9 Å². The van der Waals surface area contributed by atoms with Gasteiger partial charge in [0.2, 0.25) is 0 Å². The number of hydrogen-bond acceptors (Lipinski definition) is 5. The SMILES string of the molecule is O=C1NC(=O)N(c2ccc(Cl)cc2)C(=O)/C1=C\C=C\c1cccc([N+](=O)[O-])c1. The van der Waals surface area contributed by atoms with Crippen LogP contribution >= 0.6 is 11.6 Å². The topological polar surface area (TPSA) is 110 Å². The number of barbiturate groups is 1. The number of urea groups is 1. The summed E-state index contributed by atoms with van der Waals surface area (Å²) in [4.78, 5) is 47.9. The van der Waals surface area contributed by atoms with E-state index in [2.05, 4.69) is 5.32 Å². The highest BCUT2D eigenvalue weighted by molar-refractivity contribution is 6.37. The van der Waals surface area contributed by atoms with E-state index >= 15 is 0 Å². The molecule has 1 saturated heterocycles. The van der Waals surface area contributed by atoms with Gasteiger partial charge in [-0.05, 0) is 35.9 Å². The van der Waals surface area contributed by atoms with Crippen LogP contribution < -0.4 is 10.2 Å². The van der Waals surface area contributed by atoms with E-state index in [0.717, 1.165) is 4.90 Å². The van der Waals surface area contributed by atoms with Gasteiger partial charge in [0.25, 0.3) is 17.5 Å². The standard InChI is InChI=1S/C19H12ClN3O5/c20-13-7-9-14(10-8-13)22-18(25)16(17(24)21-19(22)26)6-2-4-12-3-1-5-15(11-12)23(27)28/h1-11H,(H,21,24,26)/b4-2+,16-6-. The molecule has 1 heterocycles. The molecule has 2 aromatic rings. The van der Waals surface area contributed by atoms with Gasteiger partial charge in [0.15, 0.2) is 0 Å². The zero-order valence-electron chi connectivity index (χ0n) is 14.2. The van der Waals surface area contributed by atoms with Crippen molar-refractivity contribution < 1.29 is 19.3 Å². The molecule has 0 unspecified atom stereocenters. The average molecular weight is 398 g/mol. The van der Waals surface area contributed by atoms with Crippen molar-refractivity contribution in [3.8, 4) is 0 Å². The van der Waals surface area contributed by atoms with Crippen LogP contribution in [0.3, 0.4) is 0 Å². The number of nitro groups is 1. The predicted octanol–water partition coefficient (Wildman–Crippen LogP) is 3.47. The fourth-order valence-electron chi connectivity index (χ4n) is 2.50. The van der Waals surface area contributed by atoms with Crippen molar-refractivity contribution in [1.82, 2.24) is 5.32 Å². The van der Waals surface area contributed by atoms with Gasteiger partial charge in [-0.3, -0.25) is 25.0 Å². The number of amides is 4. The summed E-state index contributed by atoms with van der Waals surface area (Å²) in [5.41, 5.74) is 0.436. The second-order valence-electron chi connectivity index (χ2n) is 5.67. The minimum Gasteiger partial charge on any atom is -0.273 e. The highest BCUT2D eigenvalue weighted by Crippen LogP contribution is 2.22. The first-order chi connectivity index (χ1) is 13.4. The number of carbonyl (C=O) groups excluding carboxylic acids is 3. The highest BCUT2D eigenvalue weighted by Gasteiger charge is 2.36. The molecular weight excluding hydrogens is 386 g/mol. The third-order valence-electron chi connectivity index (χ3n) is 3.82. The molecular formula is C19H12ClN3O5. The lowest BCUT2D eigenvalue weighted by atomic mass is 10.1. The quantitative estimate of drug-likeness (QED) is 0.367. The Balaban J connectivity index is 1.87. The van der Waals surface area contributed by atoms with Crippen LogP contribution in [0.25, 0.3) is 6.08 Å². The summed E-state index contributed by atoms with van der Waals surface area (Å²) >= 11 is 5.81. The second kappa shape index (κ2) is 7.85. The van der Waals surface area contributed by atoms with Crippen LogP contribution in [0.15, 0.2) is 66.3 Å². The fraction of sp³-hybridized carbons (Fsp3) is 0. The first kappa shape index (κ1) is 19.0. The number of nitrogens with one attached hydrogen (secondary N) is 1. The Morgan fingerprint density at radius 1 is 1.07 bits per heavy atom. The van der Waals surface area contributed by atoms with E-state index in [1.54, 1.807) is 6.07 Å². The maximum absolute atomic E-state index is 12.6. The number of hydrogen-bond donors (Lipinski definition) is 1. The van der Waals surface area contributed by atoms with Crippen molar-refractivity contribution in [2.75, 3.05) is 4.90 Å². The van der Waals surface area contributed by atoms with Crippen molar-refractivity contribution in [2.45, 2.75) is 0 Å². The molecule has 1 fully saturated rings. The monoisotopic (exact) mass is 397 g/mol. The summed E-state index contributed by atoms with van der Waals surface area (Å²) in [6.45, 7) is 0. The molecule has 9 heteroatoms. The molecule has 0 aliphatic carbocycles. The van der Waals surface area contributed by atoms with Crippen LogP contribution in [-0.2, 0) is 9.59 Å². The van der Waals surface area contributed by atoms with Crippen LogP contribution in [0.4, 0.5) is 16.2 Å². The molecule has 0 aromatic heterocycles. The fourth-order valence-corrected chi connectivity index (χ4v) is 2.63. The largest absolute Gasteiger partial charge is 0.335 e. The van der Waals surface area contributed by atoms with Gasteiger partial charge in [0.05, 0.1) is 10.6 Å². The van der Waals surface area contributed by atoms with Crippen molar-refractivity contribution in [2.24, 2.45) is 0 Å². The molecule has 140 valence electrons. The van der Waals surface area contributed by atoms with Crippen LogP contribution in [-0.4, -0.2) is 22.8 Å². The minimum absolute atomic E-state index is 0.0826. The smallest absolute Gasteiger partial charge is 0.273 e. The first-order valence-electron chi connectivity index (χ1n) is 7.95. The Labute approximate surface area is 163 Å². The molecule has 0 saturated carbocycles. The zero-order chi connectivity index (χ0) is 20.3. The summed E-state index contributed by atoms with van der Waals surface area (Å²) in [7, 11) is 0. The molecule has 1 aliphatic heterocycles. The number of imide groups is 2. The van der Waals surface area contributed by atoms with Crippen LogP contribution in [0.1, 0.15) is 5.56 Å². The van der Waals surface area contributed by atoms with E-state index in [1.807, 2.05) is 0 Å². The average Bonchev–Trinajstić information content (AvgIpc) is 2.66. The van der Waals surface area contributed by atoms with Crippen molar-refractivity contribution in [3.05, 3.63) is 87.0 Å². The molecule has 8 nitrogen and oxygen atoms in total. The lowest BCUT2D eigenvalue weighted by Gasteiger charge is -2.26. The van der Waals surface area contributed by atoms with E-state index < -0.39 is 22.8 Å². The van der Waals surface area contributed by atoms with Gasteiger partial charge in [0.1, 0.15) is 5.57 Å². The maximum Gasteiger partial charge on any atom is 0.335 e. The number of carbonyl (C=O) groups is 3. The normalized spacial score (nSPS) is 16.0. The number of nitrogens with zero attached hydrogens (tertiary/aromatic N) is 2. The number of non-ortho nitro benzene ring substituents is 1. The Morgan fingerprint density at radius 2 is 1.79 bits per heavy atom.